The van der Waals surface area contributed by atoms with Gasteiger partial charge in [-0.3, -0.25) is 4.79 Å². The molecule has 0 atom stereocenters. The lowest BCUT2D eigenvalue weighted by molar-refractivity contribution is -0.168. The van der Waals surface area contributed by atoms with Crippen molar-refractivity contribution in [1.29, 1.82) is 0 Å². The van der Waals surface area contributed by atoms with Crippen LogP contribution in [0.4, 0.5) is 20.3 Å². The second-order valence-corrected chi connectivity index (χ2v) is 9.94. The molecule has 0 saturated heterocycles. The fourth-order valence-corrected chi connectivity index (χ4v) is 4.17. The predicted octanol–water partition coefficient (Wildman–Crippen LogP) is 4.59. The Labute approximate surface area is 203 Å². The van der Waals surface area contributed by atoms with Crippen LogP contribution in [0.1, 0.15) is 44.6 Å². The number of nitrogens with zero attached hydrogens (tertiary/aromatic N) is 3. The zero-order chi connectivity index (χ0) is 25.8. The van der Waals surface area contributed by atoms with E-state index in [0.717, 1.165) is 19.2 Å². The Morgan fingerprint density at radius 1 is 1.17 bits per heavy atom. The van der Waals surface area contributed by atoms with Gasteiger partial charge >= 0.3 is 5.92 Å². The topological polar surface area (TPSA) is 87.6 Å². The van der Waals surface area contributed by atoms with E-state index < -0.39 is 17.1 Å². The van der Waals surface area contributed by atoms with Gasteiger partial charge in [-0.05, 0) is 58.7 Å². The number of benzene rings is 2. The Kier molecular flexibility index (Phi) is 5.95. The maximum Gasteiger partial charge on any atom is 0.300 e. The van der Waals surface area contributed by atoms with Gasteiger partial charge in [0.1, 0.15) is 23.0 Å². The van der Waals surface area contributed by atoms with Crippen LogP contribution in [-0.2, 0) is 17.1 Å². The number of fused-ring (bicyclic) bond motifs is 2. The third-order valence-electron chi connectivity index (χ3n) is 6.20. The normalized spacial score (nSPS) is 15.7. The van der Waals surface area contributed by atoms with E-state index >= 15 is 0 Å². The number of hydrogen-bond donors (Lipinski definition) is 2. The number of rotatable bonds is 6. The molecule has 1 amide bonds. The quantitative estimate of drug-likeness (QED) is 0.532. The molecule has 0 fully saturated rings. The van der Waals surface area contributed by atoms with E-state index in [9.17, 15) is 18.7 Å². The first-order chi connectivity index (χ1) is 16.2. The molecule has 0 spiro atoms. The minimum absolute atomic E-state index is 0.158. The largest absolute Gasteiger partial charge is 0.476 e. The SMILES string of the molecule is Cc1nc(NCCc2cccc(C(F)(F)C(C)(C)O)c2)c2cc3c(cc2n1)OC(C)(C)C(=O)N3C. The monoisotopic (exact) mass is 484 g/mol. The Morgan fingerprint density at radius 2 is 1.89 bits per heavy atom. The van der Waals surface area contributed by atoms with E-state index in [1.165, 1.54) is 12.1 Å². The molecule has 1 aromatic heterocycles. The van der Waals surface area contributed by atoms with Crippen molar-refractivity contribution in [2.45, 2.75) is 58.2 Å². The lowest BCUT2D eigenvalue weighted by atomic mass is 9.92. The molecule has 2 N–H and O–H groups in total. The van der Waals surface area contributed by atoms with Crippen LogP contribution in [0.2, 0.25) is 0 Å². The van der Waals surface area contributed by atoms with Gasteiger partial charge in [0.2, 0.25) is 0 Å². The number of likely N-dealkylation sites (N-methyl/N-ethyl adjacent to an activating group) is 1. The molecular weight excluding hydrogens is 454 g/mol. The summed E-state index contributed by atoms with van der Waals surface area (Å²) in [7, 11) is 1.70. The molecule has 186 valence electrons. The minimum atomic E-state index is -3.38. The summed E-state index contributed by atoms with van der Waals surface area (Å²) in [6.07, 6.45) is 0.459. The van der Waals surface area contributed by atoms with Crippen LogP contribution in [-0.4, -0.2) is 45.8 Å². The molecule has 2 heterocycles. The van der Waals surface area contributed by atoms with Crippen LogP contribution in [0, 0.1) is 6.92 Å². The molecule has 0 radical (unpaired) electrons. The Morgan fingerprint density at radius 3 is 2.57 bits per heavy atom. The molecule has 7 nitrogen and oxygen atoms in total. The highest BCUT2D eigenvalue weighted by atomic mass is 19.3. The molecule has 0 unspecified atom stereocenters. The van der Waals surface area contributed by atoms with Gasteiger partial charge in [0.05, 0.1) is 11.2 Å². The fraction of sp³-hybridized carbons (Fsp3) is 0.423. The highest BCUT2D eigenvalue weighted by Crippen LogP contribution is 2.41. The number of carbonyl (C=O) groups is 1. The number of carbonyl (C=O) groups excluding carboxylic acids is 1. The summed E-state index contributed by atoms with van der Waals surface area (Å²) >= 11 is 0. The molecule has 1 aliphatic heterocycles. The van der Waals surface area contributed by atoms with E-state index in [-0.39, 0.29) is 11.5 Å². The lowest BCUT2D eigenvalue weighted by Crippen LogP contribution is -2.50. The molecule has 0 bridgehead atoms. The predicted molar refractivity (Wildman–Crippen MR) is 131 cm³/mol. The number of aliphatic hydroxyl groups is 1. The molecular formula is C26H30F2N4O3. The van der Waals surface area contributed by atoms with Crippen LogP contribution in [0.5, 0.6) is 5.75 Å². The summed E-state index contributed by atoms with van der Waals surface area (Å²) < 4.78 is 35.1. The van der Waals surface area contributed by atoms with Gasteiger partial charge in [0.25, 0.3) is 5.91 Å². The van der Waals surface area contributed by atoms with Crippen LogP contribution in [0.3, 0.4) is 0 Å². The summed E-state index contributed by atoms with van der Waals surface area (Å²) in [6.45, 7) is 7.86. The number of nitrogens with one attached hydrogen (secondary N) is 1. The summed E-state index contributed by atoms with van der Waals surface area (Å²) in [5, 5.41) is 13.9. The maximum absolute atomic E-state index is 14.6. The number of aromatic nitrogens is 2. The van der Waals surface area contributed by atoms with E-state index in [2.05, 4.69) is 15.3 Å². The number of amides is 1. The minimum Gasteiger partial charge on any atom is -0.476 e. The second kappa shape index (κ2) is 8.41. The van der Waals surface area contributed by atoms with Crippen molar-refractivity contribution in [1.82, 2.24) is 9.97 Å². The van der Waals surface area contributed by atoms with Crippen molar-refractivity contribution in [2.24, 2.45) is 0 Å². The lowest BCUT2D eigenvalue weighted by Gasteiger charge is -2.37. The van der Waals surface area contributed by atoms with Crippen LogP contribution in [0.25, 0.3) is 10.9 Å². The molecule has 2 aromatic carbocycles. The van der Waals surface area contributed by atoms with Gasteiger partial charge in [0.15, 0.2) is 5.60 Å². The number of alkyl halides is 2. The van der Waals surface area contributed by atoms with Crippen molar-refractivity contribution in [3.63, 3.8) is 0 Å². The standard InChI is InChI=1S/C26H30F2N4O3/c1-15-30-19-14-21-20(32(6)23(33)24(2,3)35-21)13-18(19)22(31-15)29-11-10-16-8-7-9-17(12-16)26(27,28)25(4,5)34/h7-9,12-14,34H,10-11H2,1-6H3,(H,29,30,31). The fourth-order valence-electron chi connectivity index (χ4n) is 4.17. The summed E-state index contributed by atoms with van der Waals surface area (Å²) in [5.74, 6) is -1.83. The highest BCUT2D eigenvalue weighted by molar-refractivity contribution is 6.05. The third kappa shape index (κ3) is 4.52. The van der Waals surface area contributed by atoms with E-state index in [4.69, 9.17) is 4.74 Å². The van der Waals surface area contributed by atoms with Gasteiger partial charge in [-0.1, -0.05) is 18.2 Å². The van der Waals surface area contributed by atoms with E-state index in [0.29, 0.717) is 47.1 Å². The van der Waals surface area contributed by atoms with Crippen molar-refractivity contribution >= 4 is 28.3 Å². The molecule has 9 heteroatoms. The van der Waals surface area contributed by atoms with Gasteiger partial charge in [-0.25, -0.2) is 9.97 Å². The summed E-state index contributed by atoms with van der Waals surface area (Å²) in [4.78, 5) is 23.3. The Bertz CT molecular complexity index is 1300. The van der Waals surface area contributed by atoms with Gasteiger partial charge in [-0.2, -0.15) is 8.78 Å². The number of halogens is 2. The van der Waals surface area contributed by atoms with Gasteiger partial charge in [0, 0.05) is 30.6 Å². The molecule has 3 aromatic rings. The van der Waals surface area contributed by atoms with Gasteiger partial charge in [-0.15, -0.1) is 0 Å². The first kappa shape index (κ1) is 24.8. The molecule has 4 rings (SSSR count). The van der Waals surface area contributed by atoms with Gasteiger partial charge < -0.3 is 20.1 Å². The molecule has 1 aliphatic rings. The second-order valence-electron chi connectivity index (χ2n) is 9.94. The number of aryl methyl sites for hydroxylation is 1. The zero-order valence-corrected chi connectivity index (χ0v) is 20.7. The van der Waals surface area contributed by atoms with E-state index in [1.54, 1.807) is 50.9 Å². The zero-order valence-electron chi connectivity index (χ0n) is 20.7. The van der Waals surface area contributed by atoms with Crippen molar-refractivity contribution in [3.05, 3.63) is 53.3 Å². The van der Waals surface area contributed by atoms with Crippen molar-refractivity contribution in [3.8, 4) is 5.75 Å². The molecule has 0 aliphatic carbocycles. The average molecular weight is 485 g/mol. The first-order valence-corrected chi connectivity index (χ1v) is 11.4. The van der Waals surface area contributed by atoms with Crippen molar-refractivity contribution in [2.75, 3.05) is 23.8 Å². The third-order valence-corrected chi connectivity index (χ3v) is 6.20. The summed E-state index contributed by atoms with van der Waals surface area (Å²) in [6, 6.07) is 9.70. The van der Waals surface area contributed by atoms with Crippen LogP contribution >= 0.6 is 0 Å². The number of ether oxygens (including phenoxy) is 1. The Hall–Kier alpha value is -3.33. The smallest absolute Gasteiger partial charge is 0.300 e. The molecule has 35 heavy (non-hydrogen) atoms. The average Bonchev–Trinajstić information content (AvgIpc) is 2.76. The van der Waals surface area contributed by atoms with Crippen molar-refractivity contribution < 1.29 is 23.4 Å². The Balaban J connectivity index is 1.59. The van der Waals surface area contributed by atoms with Crippen LogP contribution in [0.15, 0.2) is 36.4 Å². The van der Waals surface area contributed by atoms with E-state index in [1.807, 2.05) is 6.07 Å². The summed E-state index contributed by atoms with van der Waals surface area (Å²) in [5.41, 5.74) is -1.38. The number of hydrogen-bond acceptors (Lipinski definition) is 6. The van der Waals surface area contributed by atoms with Crippen LogP contribution < -0.4 is 15.0 Å². The highest BCUT2D eigenvalue weighted by Gasteiger charge is 2.47. The maximum atomic E-state index is 14.6. The number of anilines is 2. The molecule has 0 saturated carbocycles. The first-order valence-electron chi connectivity index (χ1n) is 11.4.